The molecule has 19 heavy (non-hydrogen) atoms. The lowest BCUT2D eigenvalue weighted by molar-refractivity contribution is 0.462. The van der Waals surface area contributed by atoms with Crippen molar-refractivity contribution >= 4 is 18.5 Å². The van der Waals surface area contributed by atoms with E-state index in [0.717, 1.165) is 42.8 Å². The van der Waals surface area contributed by atoms with Crippen LogP contribution >= 0.6 is 12.6 Å². The van der Waals surface area contributed by atoms with Crippen LogP contribution in [0.3, 0.4) is 0 Å². The summed E-state index contributed by atoms with van der Waals surface area (Å²) in [7, 11) is 0. The summed E-state index contributed by atoms with van der Waals surface area (Å²) >= 11 is 4.04. The Labute approximate surface area is 126 Å². The average molecular weight is 287 g/mol. The highest BCUT2D eigenvalue weighted by atomic mass is 32.1. The van der Waals surface area contributed by atoms with Gasteiger partial charge in [-0.1, -0.05) is 41.0 Å². The molecule has 0 saturated heterocycles. The zero-order chi connectivity index (χ0) is 14.9. The van der Waals surface area contributed by atoms with Gasteiger partial charge in [-0.05, 0) is 42.3 Å². The third kappa shape index (κ3) is 10.3. The Kier molecular flexibility index (Phi) is 9.59. The molecular weight excluding hydrogens is 252 g/mol. The minimum absolute atomic E-state index is 0.699. The van der Waals surface area contributed by atoms with Gasteiger partial charge in [0.25, 0.3) is 0 Å². The van der Waals surface area contributed by atoms with Gasteiger partial charge in [-0.3, -0.25) is 4.99 Å². The maximum absolute atomic E-state index is 5.53. The van der Waals surface area contributed by atoms with Crippen molar-refractivity contribution in [3.05, 3.63) is 0 Å². The highest BCUT2D eigenvalue weighted by Gasteiger charge is 2.44. The fourth-order valence-electron chi connectivity index (χ4n) is 2.12. The zero-order valence-corrected chi connectivity index (χ0v) is 14.5. The first-order valence-electron chi connectivity index (χ1n) is 7.73. The fourth-order valence-corrected chi connectivity index (χ4v) is 2.35. The van der Waals surface area contributed by atoms with Crippen molar-refractivity contribution in [2.24, 2.45) is 28.0 Å². The van der Waals surface area contributed by atoms with Crippen LogP contribution in [0.5, 0.6) is 0 Å². The summed E-state index contributed by atoms with van der Waals surface area (Å²) < 4.78 is 0. The van der Waals surface area contributed by atoms with Crippen LogP contribution < -0.4 is 5.73 Å². The lowest BCUT2D eigenvalue weighted by Crippen LogP contribution is -2.12. The summed E-state index contributed by atoms with van der Waals surface area (Å²) in [5.41, 5.74) is 6.22. The SMILES string of the molecule is CC(C)CC1CC1(C)C.CCCCN=C(N)CCS. The normalized spacial score (nSPS) is 21.0. The second-order valence-electron chi connectivity index (χ2n) is 6.72. The van der Waals surface area contributed by atoms with Gasteiger partial charge in [-0.2, -0.15) is 12.6 Å². The maximum Gasteiger partial charge on any atom is 0.0945 e. The van der Waals surface area contributed by atoms with Crippen LogP contribution in [-0.2, 0) is 0 Å². The quantitative estimate of drug-likeness (QED) is 0.306. The standard InChI is InChI=1S/C9H18.C7H16N2S/c1-7(2)5-8-6-9(8,3)4;1-2-3-5-9-7(8)4-6-10/h7-8H,5-6H2,1-4H3;10H,2-6H2,1H3,(H2,8,9). The number of aliphatic imine (C=N–C) groups is 1. The van der Waals surface area contributed by atoms with Crippen molar-refractivity contribution < 1.29 is 0 Å². The van der Waals surface area contributed by atoms with E-state index in [2.05, 4.69) is 52.2 Å². The molecule has 0 aromatic carbocycles. The van der Waals surface area contributed by atoms with Crippen LogP contribution in [-0.4, -0.2) is 18.1 Å². The van der Waals surface area contributed by atoms with Crippen molar-refractivity contribution in [1.82, 2.24) is 0 Å². The van der Waals surface area contributed by atoms with E-state index in [1.807, 2.05) is 0 Å². The second kappa shape index (κ2) is 9.68. The molecule has 114 valence electrons. The van der Waals surface area contributed by atoms with E-state index in [0.29, 0.717) is 5.41 Å². The Morgan fingerprint density at radius 2 is 2.00 bits per heavy atom. The molecule has 1 saturated carbocycles. The Morgan fingerprint density at radius 3 is 2.32 bits per heavy atom. The molecule has 1 rings (SSSR count). The molecule has 0 amide bonds. The molecule has 0 aliphatic heterocycles. The highest BCUT2D eigenvalue weighted by Crippen LogP contribution is 2.54. The Hall–Kier alpha value is -0.180. The Bertz CT molecular complexity index is 259. The van der Waals surface area contributed by atoms with E-state index in [-0.39, 0.29) is 0 Å². The van der Waals surface area contributed by atoms with Crippen LogP contribution in [0.25, 0.3) is 0 Å². The highest BCUT2D eigenvalue weighted by molar-refractivity contribution is 7.80. The zero-order valence-electron chi connectivity index (χ0n) is 13.6. The number of unbranched alkanes of at least 4 members (excludes halogenated alkanes) is 1. The minimum Gasteiger partial charge on any atom is -0.387 e. The molecule has 2 N–H and O–H groups in total. The predicted molar refractivity (Wildman–Crippen MR) is 91.2 cm³/mol. The molecule has 0 bridgehead atoms. The van der Waals surface area contributed by atoms with E-state index in [1.54, 1.807) is 0 Å². The molecule has 0 aromatic heterocycles. The van der Waals surface area contributed by atoms with Crippen LogP contribution in [0.2, 0.25) is 0 Å². The molecule has 0 heterocycles. The molecular formula is C16H34N2S. The van der Waals surface area contributed by atoms with E-state index >= 15 is 0 Å². The Morgan fingerprint density at radius 1 is 1.42 bits per heavy atom. The summed E-state index contributed by atoms with van der Waals surface area (Å²) in [6, 6.07) is 0. The smallest absolute Gasteiger partial charge is 0.0945 e. The maximum atomic E-state index is 5.53. The molecule has 1 fully saturated rings. The van der Waals surface area contributed by atoms with E-state index in [4.69, 9.17) is 5.73 Å². The molecule has 0 aromatic rings. The second-order valence-corrected chi connectivity index (χ2v) is 7.17. The van der Waals surface area contributed by atoms with Crippen LogP contribution in [0.1, 0.15) is 66.7 Å². The van der Waals surface area contributed by atoms with E-state index in [1.165, 1.54) is 19.3 Å². The van der Waals surface area contributed by atoms with Gasteiger partial charge in [0.15, 0.2) is 0 Å². The number of nitrogens with zero attached hydrogens (tertiary/aromatic N) is 1. The number of hydrogen-bond acceptors (Lipinski definition) is 2. The van der Waals surface area contributed by atoms with Crippen LogP contribution in [0, 0.1) is 17.3 Å². The van der Waals surface area contributed by atoms with Crippen molar-refractivity contribution in [2.45, 2.75) is 66.7 Å². The summed E-state index contributed by atoms with van der Waals surface area (Å²) in [5.74, 6) is 3.47. The van der Waals surface area contributed by atoms with Crippen molar-refractivity contribution in [3.63, 3.8) is 0 Å². The molecule has 1 unspecified atom stereocenters. The first-order chi connectivity index (χ1) is 8.83. The van der Waals surface area contributed by atoms with Crippen molar-refractivity contribution in [2.75, 3.05) is 12.3 Å². The molecule has 0 radical (unpaired) electrons. The molecule has 2 nitrogen and oxygen atoms in total. The van der Waals surface area contributed by atoms with Gasteiger partial charge in [-0.25, -0.2) is 0 Å². The van der Waals surface area contributed by atoms with Gasteiger partial charge >= 0.3 is 0 Å². The number of hydrogen-bond donors (Lipinski definition) is 2. The van der Waals surface area contributed by atoms with Gasteiger partial charge in [-0.15, -0.1) is 0 Å². The summed E-state index contributed by atoms with van der Waals surface area (Å²) in [6.07, 6.45) is 6.02. The van der Waals surface area contributed by atoms with E-state index < -0.39 is 0 Å². The topological polar surface area (TPSA) is 38.4 Å². The van der Waals surface area contributed by atoms with E-state index in [9.17, 15) is 0 Å². The monoisotopic (exact) mass is 286 g/mol. The third-order valence-corrected chi connectivity index (χ3v) is 3.89. The summed E-state index contributed by atoms with van der Waals surface area (Å²) in [4.78, 5) is 4.15. The first-order valence-corrected chi connectivity index (χ1v) is 8.36. The largest absolute Gasteiger partial charge is 0.387 e. The van der Waals surface area contributed by atoms with Crippen LogP contribution in [0.15, 0.2) is 4.99 Å². The fraction of sp³-hybridized carbons (Fsp3) is 0.938. The van der Waals surface area contributed by atoms with Gasteiger partial charge in [0.05, 0.1) is 5.84 Å². The number of nitrogens with two attached hydrogens (primary N) is 1. The number of thiol groups is 1. The van der Waals surface area contributed by atoms with Crippen molar-refractivity contribution in [1.29, 1.82) is 0 Å². The van der Waals surface area contributed by atoms with Gasteiger partial charge < -0.3 is 5.73 Å². The van der Waals surface area contributed by atoms with Crippen LogP contribution in [0.4, 0.5) is 0 Å². The predicted octanol–water partition coefficient (Wildman–Crippen LogP) is 4.54. The van der Waals surface area contributed by atoms with Gasteiger partial charge in [0, 0.05) is 13.0 Å². The lowest BCUT2D eigenvalue weighted by atomic mass is 10.0. The Balaban J connectivity index is 0.000000342. The third-order valence-electron chi connectivity index (χ3n) is 3.67. The number of amidine groups is 1. The van der Waals surface area contributed by atoms with Gasteiger partial charge in [0.1, 0.15) is 0 Å². The molecule has 1 aliphatic carbocycles. The van der Waals surface area contributed by atoms with Gasteiger partial charge in [0.2, 0.25) is 0 Å². The minimum atomic E-state index is 0.699. The molecule has 0 spiro atoms. The van der Waals surface area contributed by atoms with Crippen molar-refractivity contribution in [3.8, 4) is 0 Å². The molecule has 3 heteroatoms. The average Bonchev–Trinajstić information content (AvgIpc) is 2.86. The lowest BCUT2D eigenvalue weighted by Gasteiger charge is -2.04. The molecule has 1 atom stereocenters. The summed E-state index contributed by atoms with van der Waals surface area (Å²) in [6.45, 7) is 12.4. The summed E-state index contributed by atoms with van der Waals surface area (Å²) in [5, 5.41) is 0. The molecule has 1 aliphatic rings. The number of rotatable bonds is 7. The first kappa shape index (κ1) is 18.8.